The van der Waals surface area contributed by atoms with E-state index in [-0.39, 0.29) is 24.0 Å². The summed E-state index contributed by atoms with van der Waals surface area (Å²) in [5.74, 6) is 0.436. The second kappa shape index (κ2) is 6.26. The highest BCUT2D eigenvalue weighted by atomic mass is 32.2. The van der Waals surface area contributed by atoms with Gasteiger partial charge in [0.2, 0.25) is 0 Å². The number of nitrogens with one attached hydrogen (secondary N) is 1. The van der Waals surface area contributed by atoms with Gasteiger partial charge in [-0.2, -0.15) is 0 Å². The second-order valence-electron chi connectivity index (χ2n) is 4.97. The summed E-state index contributed by atoms with van der Waals surface area (Å²) >= 11 is 0. The Labute approximate surface area is 120 Å². The predicted octanol–water partition coefficient (Wildman–Crippen LogP) is 1.34. The van der Waals surface area contributed by atoms with Gasteiger partial charge in [0, 0.05) is 11.4 Å². The number of guanidine groups is 1. The predicted molar refractivity (Wildman–Crippen MR) is 82.9 cm³/mol. The molecule has 0 atom stereocenters. The number of benzene rings is 1. The fourth-order valence-corrected chi connectivity index (χ4v) is 2.94. The molecular formula is C14H21N3O2S. The molecule has 0 heterocycles. The van der Waals surface area contributed by atoms with Crippen LogP contribution in [0.2, 0.25) is 0 Å². The van der Waals surface area contributed by atoms with Gasteiger partial charge in [-0.3, -0.25) is 4.99 Å². The first kappa shape index (κ1) is 14.8. The van der Waals surface area contributed by atoms with Crippen LogP contribution in [0.15, 0.2) is 23.2 Å². The van der Waals surface area contributed by atoms with Crippen molar-refractivity contribution in [1.29, 1.82) is 0 Å². The number of anilines is 1. The quantitative estimate of drug-likeness (QED) is 0.634. The van der Waals surface area contributed by atoms with Crippen molar-refractivity contribution in [2.75, 3.05) is 23.4 Å². The minimum Gasteiger partial charge on any atom is -0.370 e. The van der Waals surface area contributed by atoms with Crippen molar-refractivity contribution in [2.24, 2.45) is 10.7 Å². The summed E-state index contributed by atoms with van der Waals surface area (Å²) in [7, 11) is -2.99. The molecule has 0 aromatic heterocycles. The van der Waals surface area contributed by atoms with Crippen LogP contribution in [-0.2, 0) is 22.7 Å². The van der Waals surface area contributed by atoms with E-state index < -0.39 is 9.84 Å². The molecule has 5 nitrogen and oxygen atoms in total. The first-order chi connectivity index (χ1) is 9.50. The van der Waals surface area contributed by atoms with E-state index in [0.717, 1.165) is 18.5 Å². The summed E-state index contributed by atoms with van der Waals surface area (Å²) in [5.41, 5.74) is 9.43. The molecule has 1 aliphatic carbocycles. The molecule has 2 rings (SSSR count). The molecule has 0 amide bonds. The number of rotatable bonds is 5. The smallest absolute Gasteiger partial charge is 0.193 e. The summed E-state index contributed by atoms with van der Waals surface area (Å²) in [6.07, 6.45) is 3.46. The highest BCUT2D eigenvalue weighted by molar-refractivity contribution is 7.91. The van der Waals surface area contributed by atoms with Crippen LogP contribution in [0.1, 0.15) is 24.5 Å². The van der Waals surface area contributed by atoms with Gasteiger partial charge in [-0.15, -0.1) is 0 Å². The van der Waals surface area contributed by atoms with Crippen molar-refractivity contribution >= 4 is 21.5 Å². The second-order valence-corrected chi connectivity index (χ2v) is 7.44. The van der Waals surface area contributed by atoms with Crippen LogP contribution in [0, 0.1) is 0 Å². The van der Waals surface area contributed by atoms with Crippen molar-refractivity contribution < 1.29 is 8.42 Å². The average molecular weight is 295 g/mol. The number of hydrogen-bond donors (Lipinski definition) is 2. The third-order valence-electron chi connectivity index (χ3n) is 3.50. The van der Waals surface area contributed by atoms with E-state index in [1.54, 1.807) is 6.92 Å². The van der Waals surface area contributed by atoms with Crippen LogP contribution in [-0.4, -0.2) is 32.4 Å². The van der Waals surface area contributed by atoms with Crippen molar-refractivity contribution in [3.8, 4) is 0 Å². The molecule has 110 valence electrons. The summed E-state index contributed by atoms with van der Waals surface area (Å²) in [6.45, 7) is 1.82. The van der Waals surface area contributed by atoms with Crippen LogP contribution in [0.5, 0.6) is 0 Å². The molecule has 0 spiro atoms. The summed E-state index contributed by atoms with van der Waals surface area (Å²) in [4.78, 5) is 4.05. The minimum atomic E-state index is -2.99. The van der Waals surface area contributed by atoms with Crippen molar-refractivity contribution in [3.63, 3.8) is 0 Å². The Hall–Kier alpha value is -1.56. The molecule has 20 heavy (non-hydrogen) atoms. The number of aryl methyl sites for hydroxylation is 2. The first-order valence-electron chi connectivity index (χ1n) is 6.89. The first-order valence-corrected chi connectivity index (χ1v) is 8.71. The SMILES string of the molecule is CCS(=O)(=O)CCN=C(N)Nc1ccc2c(c1)CCC2. The fraction of sp³-hybridized carbons (Fsp3) is 0.500. The Morgan fingerprint density at radius 1 is 1.35 bits per heavy atom. The maximum Gasteiger partial charge on any atom is 0.193 e. The van der Waals surface area contributed by atoms with Gasteiger partial charge in [0.05, 0.1) is 12.3 Å². The number of sulfone groups is 1. The lowest BCUT2D eigenvalue weighted by atomic mass is 10.1. The van der Waals surface area contributed by atoms with Crippen LogP contribution in [0.25, 0.3) is 0 Å². The zero-order chi connectivity index (χ0) is 14.6. The number of nitrogens with two attached hydrogens (primary N) is 1. The van der Waals surface area contributed by atoms with E-state index in [0.29, 0.717) is 0 Å². The summed E-state index contributed by atoms with van der Waals surface area (Å²) in [5, 5.41) is 3.01. The molecule has 6 heteroatoms. The Bertz CT molecular complexity index is 609. The highest BCUT2D eigenvalue weighted by Crippen LogP contribution is 2.24. The van der Waals surface area contributed by atoms with Crippen molar-refractivity contribution in [2.45, 2.75) is 26.2 Å². The van der Waals surface area contributed by atoms with Crippen molar-refractivity contribution in [1.82, 2.24) is 0 Å². The molecule has 0 unspecified atom stereocenters. The third-order valence-corrected chi connectivity index (χ3v) is 5.18. The van der Waals surface area contributed by atoms with Gasteiger partial charge in [-0.1, -0.05) is 13.0 Å². The lowest BCUT2D eigenvalue weighted by Gasteiger charge is -2.08. The van der Waals surface area contributed by atoms with Gasteiger partial charge >= 0.3 is 0 Å². The monoisotopic (exact) mass is 295 g/mol. The van der Waals surface area contributed by atoms with Gasteiger partial charge in [0.15, 0.2) is 15.8 Å². The molecule has 0 aliphatic heterocycles. The molecular weight excluding hydrogens is 274 g/mol. The van der Waals surface area contributed by atoms with Crippen molar-refractivity contribution in [3.05, 3.63) is 29.3 Å². The van der Waals surface area contributed by atoms with E-state index >= 15 is 0 Å². The number of fused-ring (bicyclic) bond motifs is 1. The summed E-state index contributed by atoms with van der Waals surface area (Å²) < 4.78 is 22.7. The lowest BCUT2D eigenvalue weighted by molar-refractivity contribution is 0.597. The zero-order valence-electron chi connectivity index (χ0n) is 11.7. The Balaban J connectivity index is 1.92. The molecule has 3 N–H and O–H groups in total. The fourth-order valence-electron chi connectivity index (χ4n) is 2.29. The minimum absolute atomic E-state index is 0.0378. The molecule has 0 fully saturated rings. The molecule has 0 bridgehead atoms. The Morgan fingerprint density at radius 2 is 2.10 bits per heavy atom. The van der Waals surface area contributed by atoms with Crippen LogP contribution in [0.3, 0.4) is 0 Å². The molecule has 1 aromatic rings. The number of aliphatic imine (C=N–C) groups is 1. The Morgan fingerprint density at radius 3 is 2.85 bits per heavy atom. The normalized spacial score (nSPS) is 15.2. The van der Waals surface area contributed by atoms with Crippen LogP contribution >= 0.6 is 0 Å². The topological polar surface area (TPSA) is 84.5 Å². The van der Waals surface area contributed by atoms with E-state index in [2.05, 4.69) is 22.4 Å². The number of hydrogen-bond acceptors (Lipinski definition) is 3. The average Bonchev–Trinajstić information content (AvgIpc) is 2.86. The molecule has 0 saturated heterocycles. The van der Waals surface area contributed by atoms with Gasteiger partial charge < -0.3 is 11.1 Å². The largest absolute Gasteiger partial charge is 0.370 e. The number of nitrogens with zero attached hydrogens (tertiary/aromatic N) is 1. The maximum absolute atomic E-state index is 11.3. The van der Waals surface area contributed by atoms with E-state index in [1.807, 2.05) is 6.07 Å². The maximum atomic E-state index is 11.3. The third kappa shape index (κ3) is 3.96. The molecule has 0 radical (unpaired) electrons. The summed E-state index contributed by atoms with van der Waals surface area (Å²) in [6, 6.07) is 6.18. The molecule has 0 saturated carbocycles. The van der Waals surface area contributed by atoms with Gasteiger partial charge in [-0.25, -0.2) is 8.42 Å². The molecule has 1 aliphatic rings. The van der Waals surface area contributed by atoms with Crippen LogP contribution < -0.4 is 11.1 Å². The lowest BCUT2D eigenvalue weighted by Crippen LogP contribution is -2.24. The van der Waals surface area contributed by atoms with E-state index in [9.17, 15) is 8.42 Å². The van der Waals surface area contributed by atoms with Gasteiger partial charge in [0.1, 0.15) is 0 Å². The van der Waals surface area contributed by atoms with E-state index in [1.165, 1.54) is 17.5 Å². The van der Waals surface area contributed by atoms with Crippen LogP contribution in [0.4, 0.5) is 5.69 Å². The van der Waals surface area contributed by atoms with E-state index in [4.69, 9.17) is 5.73 Å². The highest BCUT2D eigenvalue weighted by Gasteiger charge is 2.11. The van der Waals surface area contributed by atoms with Gasteiger partial charge in [0.25, 0.3) is 0 Å². The van der Waals surface area contributed by atoms with Gasteiger partial charge in [-0.05, 0) is 42.5 Å². The zero-order valence-corrected chi connectivity index (χ0v) is 12.5. The standard InChI is InChI=1S/C14H21N3O2S/c1-2-20(18,19)9-8-16-14(15)17-13-7-6-11-4-3-5-12(11)10-13/h6-7,10H,2-5,8-9H2,1H3,(H3,15,16,17). The Kier molecular flexibility index (Phi) is 4.65. The molecule has 1 aromatic carbocycles.